The number of halogens is 1. The van der Waals surface area contributed by atoms with Crippen LogP contribution in [0, 0.1) is 27.9 Å². The van der Waals surface area contributed by atoms with Crippen molar-refractivity contribution in [3.8, 4) is 0 Å². The van der Waals surface area contributed by atoms with E-state index in [9.17, 15) is 24.5 Å². The predicted molar refractivity (Wildman–Crippen MR) is 116 cm³/mol. The minimum Gasteiger partial charge on any atom is -0.272 e. The molecule has 4 rings (SSSR count). The van der Waals surface area contributed by atoms with Gasteiger partial charge in [0.25, 0.3) is 23.4 Å². The van der Waals surface area contributed by atoms with Crippen LogP contribution in [-0.2, 0) is 16.1 Å². The van der Waals surface area contributed by atoms with Crippen LogP contribution in [0.4, 0.5) is 5.69 Å². The van der Waals surface area contributed by atoms with Gasteiger partial charge in [0, 0.05) is 11.1 Å². The molecule has 164 valence electrons. The lowest BCUT2D eigenvalue weighted by Gasteiger charge is -2.30. The fourth-order valence-electron chi connectivity index (χ4n) is 4.32. The van der Waals surface area contributed by atoms with Crippen molar-refractivity contribution in [3.05, 3.63) is 86.9 Å². The number of benzene rings is 2. The third-order valence-corrected chi connectivity index (χ3v) is 6.15. The first-order valence-electron chi connectivity index (χ1n) is 10.1. The van der Waals surface area contributed by atoms with Gasteiger partial charge in [-0.3, -0.25) is 24.5 Å². The number of nitro groups is 1. The molecule has 1 aliphatic carbocycles. The molecule has 1 heterocycles. The van der Waals surface area contributed by atoms with E-state index in [1.807, 2.05) is 19.1 Å². The van der Waals surface area contributed by atoms with Gasteiger partial charge in [0.2, 0.25) is 0 Å². The molecular formula is C23H20ClN3O5. The number of hydrazine groups is 1. The monoisotopic (exact) mass is 453 g/mol. The van der Waals surface area contributed by atoms with Crippen LogP contribution in [0.25, 0.3) is 0 Å². The average molecular weight is 454 g/mol. The molecule has 8 nitrogen and oxygen atoms in total. The molecular weight excluding hydrogens is 434 g/mol. The Bertz CT molecular complexity index is 1130. The fraction of sp³-hybridized carbons (Fsp3) is 0.261. The van der Waals surface area contributed by atoms with Crippen LogP contribution in [0.1, 0.15) is 29.3 Å². The first kappa shape index (κ1) is 21.7. The van der Waals surface area contributed by atoms with E-state index >= 15 is 0 Å². The summed E-state index contributed by atoms with van der Waals surface area (Å²) in [5.74, 6) is -3.04. The van der Waals surface area contributed by atoms with Gasteiger partial charge in [0.15, 0.2) is 0 Å². The number of fused-ring (bicyclic) bond motifs is 1. The molecule has 0 N–H and O–H groups in total. The molecule has 1 saturated heterocycles. The molecule has 0 unspecified atom stereocenters. The van der Waals surface area contributed by atoms with Crippen LogP contribution in [-0.4, -0.2) is 32.7 Å². The smallest absolute Gasteiger partial charge is 0.272 e. The van der Waals surface area contributed by atoms with Gasteiger partial charge in [-0.05, 0) is 36.1 Å². The SMILES string of the molecule is C[C@@H]1C=CC[C@H]2C(=O)N(N(Cc3ccc(Cl)cc3)C(=O)c3ccccc3[N+](=O)[O-])C(=O)[C@H]12. The summed E-state index contributed by atoms with van der Waals surface area (Å²) in [7, 11) is 0. The third kappa shape index (κ3) is 3.78. The van der Waals surface area contributed by atoms with Crippen LogP contribution in [0.2, 0.25) is 5.02 Å². The minimum absolute atomic E-state index is 0.124. The number of para-hydroxylation sites is 1. The first-order valence-corrected chi connectivity index (χ1v) is 10.5. The molecule has 0 bridgehead atoms. The van der Waals surface area contributed by atoms with Crippen molar-refractivity contribution >= 4 is 35.0 Å². The second-order valence-electron chi connectivity index (χ2n) is 7.91. The Morgan fingerprint density at radius 1 is 1.16 bits per heavy atom. The lowest BCUT2D eigenvalue weighted by Crippen LogP contribution is -2.50. The predicted octanol–water partition coefficient (Wildman–Crippen LogP) is 4.00. The maximum atomic E-state index is 13.5. The summed E-state index contributed by atoms with van der Waals surface area (Å²) in [6.45, 7) is 1.73. The molecule has 0 spiro atoms. The van der Waals surface area contributed by atoms with Gasteiger partial charge >= 0.3 is 0 Å². The highest BCUT2D eigenvalue weighted by Gasteiger charge is 2.53. The van der Waals surface area contributed by atoms with Crippen molar-refractivity contribution in [2.45, 2.75) is 19.9 Å². The Balaban J connectivity index is 1.77. The highest BCUT2D eigenvalue weighted by Crippen LogP contribution is 2.40. The molecule has 9 heteroatoms. The lowest BCUT2D eigenvalue weighted by molar-refractivity contribution is -0.385. The Morgan fingerprint density at radius 3 is 2.50 bits per heavy atom. The zero-order valence-electron chi connectivity index (χ0n) is 17.2. The number of rotatable bonds is 5. The molecule has 1 fully saturated rings. The van der Waals surface area contributed by atoms with Crippen molar-refractivity contribution in [1.29, 1.82) is 0 Å². The molecule has 2 aromatic rings. The molecule has 32 heavy (non-hydrogen) atoms. The van der Waals surface area contributed by atoms with Crippen LogP contribution >= 0.6 is 11.6 Å². The second kappa shape index (κ2) is 8.55. The summed E-state index contributed by atoms with van der Waals surface area (Å²) in [5.41, 5.74) is 0.0150. The van der Waals surface area contributed by atoms with E-state index in [4.69, 9.17) is 11.6 Å². The van der Waals surface area contributed by atoms with Gasteiger partial charge < -0.3 is 0 Å². The van der Waals surface area contributed by atoms with E-state index in [-0.39, 0.29) is 18.0 Å². The number of amides is 3. The maximum Gasteiger partial charge on any atom is 0.282 e. The Kier molecular flexibility index (Phi) is 5.80. The summed E-state index contributed by atoms with van der Waals surface area (Å²) in [6.07, 6.45) is 4.17. The first-order chi connectivity index (χ1) is 15.3. The largest absolute Gasteiger partial charge is 0.282 e. The fourth-order valence-corrected chi connectivity index (χ4v) is 4.44. The summed E-state index contributed by atoms with van der Waals surface area (Å²) < 4.78 is 0. The van der Waals surface area contributed by atoms with Crippen molar-refractivity contribution < 1.29 is 19.3 Å². The lowest BCUT2D eigenvalue weighted by atomic mass is 9.78. The Hall–Kier alpha value is -3.52. The Morgan fingerprint density at radius 2 is 1.84 bits per heavy atom. The number of hydrogen-bond donors (Lipinski definition) is 0. The highest BCUT2D eigenvalue weighted by molar-refractivity contribution is 6.30. The number of nitro benzene ring substituents is 1. The average Bonchev–Trinajstić information content (AvgIpc) is 3.04. The standard InChI is InChI=1S/C23H20ClN3O5/c1-14-5-4-7-18-20(14)23(30)26(22(18)29)25(13-15-9-11-16(24)12-10-15)21(28)17-6-2-3-8-19(17)27(31)32/h2-6,8-12,14,18,20H,7,13H2,1H3/t14-,18-,20-/m1/s1. The van der Waals surface area contributed by atoms with E-state index in [1.54, 1.807) is 24.3 Å². The minimum atomic E-state index is -0.798. The molecule has 3 amide bonds. The van der Waals surface area contributed by atoms with Crippen LogP contribution < -0.4 is 0 Å². The normalized spacial score (nSPS) is 22.1. The number of hydrogen-bond acceptors (Lipinski definition) is 5. The highest BCUT2D eigenvalue weighted by atomic mass is 35.5. The van der Waals surface area contributed by atoms with Crippen molar-refractivity contribution in [1.82, 2.24) is 10.0 Å². The molecule has 3 atom stereocenters. The van der Waals surface area contributed by atoms with Gasteiger partial charge in [0.1, 0.15) is 5.56 Å². The van der Waals surface area contributed by atoms with Crippen molar-refractivity contribution in [3.63, 3.8) is 0 Å². The zero-order chi connectivity index (χ0) is 23.0. The molecule has 1 aliphatic heterocycles. The number of imide groups is 1. The van der Waals surface area contributed by atoms with Crippen LogP contribution in [0.15, 0.2) is 60.7 Å². The van der Waals surface area contributed by atoms with Gasteiger partial charge in [-0.1, -0.05) is 54.9 Å². The van der Waals surface area contributed by atoms with Gasteiger partial charge in [-0.25, -0.2) is 5.01 Å². The van der Waals surface area contributed by atoms with Gasteiger partial charge in [-0.15, -0.1) is 0 Å². The van der Waals surface area contributed by atoms with E-state index in [0.717, 1.165) is 10.0 Å². The molecule has 2 aliphatic rings. The third-order valence-electron chi connectivity index (χ3n) is 5.90. The summed E-state index contributed by atoms with van der Waals surface area (Å²) >= 11 is 5.95. The van der Waals surface area contributed by atoms with E-state index in [0.29, 0.717) is 17.0 Å². The zero-order valence-corrected chi connectivity index (χ0v) is 17.9. The number of carbonyl (C=O) groups is 3. The number of carbonyl (C=O) groups excluding carboxylic acids is 3. The van der Waals surface area contributed by atoms with Gasteiger partial charge in [-0.2, -0.15) is 5.01 Å². The molecule has 2 aromatic carbocycles. The Labute approximate surface area is 189 Å². The van der Waals surface area contributed by atoms with E-state index < -0.39 is 40.2 Å². The number of allylic oxidation sites excluding steroid dienone is 2. The molecule has 0 saturated carbocycles. The second-order valence-corrected chi connectivity index (χ2v) is 8.34. The topological polar surface area (TPSA) is 101 Å². The van der Waals surface area contributed by atoms with Crippen molar-refractivity contribution in [2.24, 2.45) is 17.8 Å². The van der Waals surface area contributed by atoms with E-state index in [1.165, 1.54) is 24.3 Å². The summed E-state index contributed by atoms with van der Waals surface area (Å²) in [6, 6.07) is 12.1. The quantitative estimate of drug-likeness (QED) is 0.295. The number of nitrogens with zero attached hydrogens (tertiary/aromatic N) is 3. The van der Waals surface area contributed by atoms with Gasteiger partial charge in [0.05, 0.1) is 23.3 Å². The molecule has 0 radical (unpaired) electrons. The summed E-state index contributed by atoms with van der Waals surface area (Å²) in [4.78, 5) is 51.0. The summed E-state index contributed by atoms with van der Waals surface area (Å²) in [5, 5.41) is 13.9. The molecule has 0 aromatic heterocycles. The van der Waals surface area contributed by atoms with Crippen molar-refractivity contribution in [2.75, 3.05) is 0 Å². The van der Waals surface area contributed by atoms with Crippen LogP contribution in [0.3, 0.4) is 0 Å². The maximum absolute atomic E-state index is 13.5. The van der Waals surface area contributed by atoms with E-state index in [2.05, 4.69) is 0 Å². The van der Waals surface area contributed by atoms with Crippen LogP contribution in [0.5, 0.6) is 0 Å².